The maximum absolute atomic E-state index is 13.9. The number of carbonyl (C=O) groups is 2. The van der Waals surface area contributed by atoms with Crippen LogP contribution in [-0.4, -0.2) is 30.7 Å². The molecule has 0 saturated carbocycles. The van der Waals surface area contributed by atoms with Crippen molar-refractivity contribution in [1.29, 1.82) is 0 Å². The van der Waals surface area contributed by atoms with Gasteiger partial charge in [0.05, 0.1) is 13.7 Å². The zero-order valence-electron chi connectivity index (χ0n) is 14.3. The molecule has 0 spiro atoms. The highest BCUT2D eigenvalue weighted by molar-refractivity contribution is 5.97. The van der Waals surface area contributed by atoms with E-state index in [2.05, 4.69) is 5.32 Å². The fourth-order valence-corrected chi connectivity index (χ4v) is 2.28. The van der Waals surface area contributed by atoms with Crippen LogP contribution < -0.4 is 14.8 Å². The molecule has 0 radical (unpaired) electrons. The van der Waals surface area contributed by atoms with Crippen LogP contribution in [0.2, 0.25) is 0 Å². The number of amides is 1. The average Bonchev–Trinajstić information content (AvgIpc) is 2.63. The number of carbonyl (C=O) groups excluding carboxylic acids is 1. The van der Waals surface area contributed by atoms with Crippen molar-refractivity contribution in [3.63, 3.8) is 0 Å². The van der Waals surface area contributed by atoms with Gasteiger partial charge in [-0.2, -0.15) is 0 Å². The van der Waals surface area contributed by atoms with Gasteiger partial charge in [0, 0.05) is 13.0 Å². The second kappa shape index (κ2) is 9.41. The smallest absolute Gasteiger partial charge is 0.303 e. The van der Waals surface area contributed by atoms with Gasteiger partial charge < -0.3 is 19.9 Å². The minimum Gasteiger partial charge on any atom is -0.496 e. The normalized spacial score (nSPS) is 10.2. The van der Waals surface area contributed by atoms with Gasteiger partial charge >= 0.3 is 5.97 Å². The summed E-state index contributed by atoms with van der Waals surface area (Å²) in [6, 6.07) is 11.2. The van der Waals surface area contributed by atoms with E-state index in [-0.39, 0.29) is 24.3 Å². The molecule has 0 aliphatic heterocycles. The number of rotatable bonds is 9. The van der Waals surface area contributed by atoms with Crippen molar-refractivity contribution >= 4 is 11.9 Å². The van der Waals surface area contributed by atoms with E-state index >= 15 is 0 Å². The molecule has 0 fully saturated rings. The molecule has 0 atom stereocenters. The maximum atomic E-state index is 13.9. The van der Waals surface area contributed by atoms with Gasteiger partial charge in [0.1, 0.15) is 22.9 Å². The molecule has 0 saturated heterocycles. The van der Waals surface area contributed by atoms with Gasteiger partial charge in [-0.25, -0.2) is 4.39 Å². The predicted molar refractivity (Wildman–Crippen MR) is 92.9 cm³/mol. The van der Waals surface area contributed by atoms with Gasteiger partial charge in [-0.15, -0.1) is 0 Å². The first kappa shape index (κ1) is 19.2. The van der Waals surface area contributed by atoms with Crippen LogP contribution in [0.15, 0.2) is 42.5 Å². The summed E-state index contributed by atoms with van der Waals surface area (Å²) in [5.74, 6) is -1.28. The van der Waals surface area contributed by atoms with Crippen molar-refractivity contribution in [2.45, 2.75) is 19.4 Å². The Hall–Kier alpha value is -3.09. The third kappa shape index (κ3) is 5.47. The van der Waals surface area contributed by atoms with Gasteiger partial charge in [0.15, 0.2) is 0 Å². The SMILES string of the molecule is COc1cccc(F)c1C(=O)NCc1ccc(OCCCC(=O)O)cc1. The number of nitrogens with one attached hydrogen (secondary N) is 1. The molecule has 0 unspecified atom stereocenters. The molecular weight excluding hydrogens is 341 g/mol. The number of carboxylic acids is 1. The van der Waals surface area contributed by atoms with Crippen LogP contribution in [0.5, 0.6) is 11.5 Å². The van der Waals surface area contributed by atoms with Crippen molar-refractivity contribution in [3.05, 3.63) is 59.4 Å². The molecule has 138 valence electrons. The molecule has 0 bridgehead atoms. The predicted octanol–water partition coefficient (Wildman–Crippen LogP) is 3.01. The van der Waals surface area contributed by atoms with E-state index in [0.717, 1.165) is 5.56 Å². The van der Waals surface area contributed by atoms with E-state index in [1.165, 1.54) is 25.3 Å². The van der Waals surface area contributed by atoms with E-state index in [1.54, 1.807) is 24.3 Å². The fraction of sp³-hybridized carbons (Fsp3) is 0.263. The van der Waals surface area contributed by atoms with Crippen molar-refractivity contribution in [1.82, 2.24) is 5.32 Å². The van der Waals surface area contributed by atoms with E-state index in [9.17, 15) is 14.0 Å². The Morgan fingerprint density at radius 1 is 1.15 bits per heavy atom. The van der Waals surface area contributed by atoms with Crippen molar-refractivity contribution in [2.24, 2.45) is 0 Å². The summed E-state index contributed by atoms with van der Waals surface area (Å²) in [6.45, 7) is 0.533. The lowest BCUT2D eigenvalue weighted by atomic mass is 10.1. The third-order valence-electron chi connectivity index (χ3n) is 3.60. The Morgan fingerprint density at radius 2 is 1.88 bits per heavy atom. The fourth-order valence-electron chi connectivity index (χ4n) is 2.28. The van der Waals surface area contributed by atoms with Crippen molar-refractivity contribution in [3.8, 4) is 11.5 Å². The highest BCUT2D eigenvalue weighted by Crippen LogP contribution is 2.21. The number of methoxy groups -OCH3 is 1. The summed E-state index contributed by atoms with van der Waals surface area (Å²) in [4.78, 5) is 22.6. The molecule has 0 heterocycles. The summed E-state index contributed by atoms with van der Waals surface area (Å²) in [5.41, 5.74) is 0.680. The van der Waals surface area contributed by atoms with Gasteiger partial charge in [-0.1, -0.05) is 18.2 Å². The number of carboxylic acid groups (broad SMARTS) is 1. The Kier molecular flexibility index (Phi) is 6.96. The zero-order valence-corrected chi connectivity index (χ0v) is 14.3. The van der Waals surface area contributed by atoms with Crippen LogP contribution in [0.3, 0.4) is 0 Å². The highest BCUT2D eigenvalue weighted by Gasteiger charge is 2.17. The number of benzene rings is 2. The monoisotopic (exact) mass is 361 g/mol. The molecule has 0 aliphatic rings. The number of hydrogen-bond acceptors (Lipinski definition) is 4. The highest BCUT2D eigenvalue weighted by atomic mass is 19.1. The molecule has 2 aromatic carbocycles. The number of aliphatic carboxylic acids is 1. The molecule has 7 heteroatoms. The molecule has 6 nitrogen and oxygen atoms in total. The van der Waals surface area contributed by atoms with E-state index in [0.29, 0.717) is 18.8 Å². The standard InChI is InChI=1S/C19H20FNO5/c1-25-16-5-2-4-15(20)18(16)19(24)21-12-13-7-9-14(10-8-13)26-11-3-6-17(22)23/h2,4-5,7-10H,3,6,11-12H2,1H3,(H,21,24)(H,22,23). The molecular formula is C19H20FNO5. The molecule has 2 rings (SSSR count). The Morgan fingerprint density at radius 3 is 2.54 bits per heavy atom. The molecule has 2 aromatic rings. The second-order valence-electron chi connectivity index (χ2n) is 5.49. The summed E-state index contributed by atoms with van der Waals surface area (Å²) < 4.78 is 24.3. The molecule has 0 aliphatic carbocycles. The van der Waals surface area contributed by atoms with Gasteiger partial charge in [0.2, 0.25) is 0 Å². The van der Waals surface area contributed by atoms with Crippen molar-refractivity contribution in [2.75, 3.05) is 13.7 Å². The lowest BCUT2D eigenvalue weighted by Gasteiger charge is -2.11. The van der Waals surface area contributed by atoms with Gasteiger partial charge in [-0.3, -0.25) is 9.59 Å². The summed E-state index contributed by atoms with van der Waals surface area (Å²) in [5, 5.41) is 11.2. The number of ether oxygens (including phenoxy) is 2. The second-order valence-corrected chi connectivity index (χ2v) is 5.49. The minimum atomic E-state index is -0.855. The lowest BCUT2D eigenvalue weighted by Crippen LogP contribution is -2.24. The Balaban J connectivity index is 1.88. The molecule has 26 heavy (non-hydrogen) atoms. The van der Waals surface area contributed by atoms with Gasteiger partial charge in [0.25, 0.3) is 5.91 Å². The third-order valence-corrected chi connectivity index (χ3v) is 3.60. The Labute approximate surface area is 150 Å². The quantitative estimate of drug-likeness (QED) is 0.671. The van der Waals surface area contributed by atoms with Crippen LogP contribution in [-0.2, 0) is 11.3 Å². The number of halogens is 1. The first-order valence-electron chi connectivity index (χ1n) is 8.05. The van der Waals surface area contributed by atoms with E-state index in [4.69, 9.17) is 14.6 Å². The first-order chi connectivity index (χ1) is 12.5. The zero-order chi connectivity index (χ0) is 18.9. The summed E-state index contributed by atoms with van der Waals surface area (Å²) in [6.07, 6.45) is 0.487. The van der Waals surface area contributed by atoms with Crippen LogP contribution in [0.4, 0.5) is 4.39 Å². The van der Waals surface area contributed by atoms with Crippen LogP contribution in [0.1, 0.15) is 28.8 Å². The molecule has 1 amide bonds. The summed E-state index contributed by atoms with van der Waals surface area (Å²) in [7, 11) is 1.38. The van der Waals surface area contributed by atoms with Crippen LogP contribution in [0.25, 0.3) is 0 Å². The lowest BCUT2D eigenvalue weighted by molar-refractivity contribution is -0.137. The first-order valence-corrected chi connectivity index (χ1v) is 8.05. The largest absolute Gasteiger partial charge is 0.496 e. The minimum absolute atomic E-state index is 0.0591. The average molecular weight is 361 g/mol. The molecule has 0 aromatic heterocycles. The van der Waals surface area contributed by atoms with E-state index < -0.39 is 17.7 Å². The van der Waals surface area contributed by atoms with Crippen LogP contribution in [0, 0.1) is 5.82 Å². The number of hydrogen-bond donors (Lipinski definition) is 2. The molecule has 2 N–H and O–H groups in total. The van der Waals surface area contributed by atoms with E-state index in [1.807, 2.05) is 0 Å². The summed E-state index contributed by atoms with van der Waals surface area (Å²) >= 11 is 0. The maximum Gasteiger partial charge on any atom is 0.303 e. The van der Waals surface area contributed by atoms with Crippen molar-refractivity contribution < 1.29 is 28.6 Å². The Bertz CT molecular complexity index is 761. The van der Waals surface area contributed by atoms with Gasteiger partial charge in [-0.05, 0) is 36.2 Å². The topological polar surface area (TPSA) is 84.9 Å². The van der Waals surface area contributed by atoms with Crippen LogP contribution >= 0.6 is 0 Å².